The number of carbonyl (C=O) groups excluding carboxylic acids is 2. The van der Waals surface area contributed by atoms with Crippen LogP contribution in [-0.2, 0) is 15.7 Å². The van der Waals surface area contributed by atoms with Crippen molar-refractivity contribution in [1.82, 2.24) is 4.98 Å². The molecule has 23 heavy (non-hydrogen) atoms. The van der Waals surface area contributed by atoms with Gasteiger partial charge in [-0.05, 0) is 17.5 Å². The largest absolute Gasteiger partial charge is 0.452 e. The van der Waals surface area contributed by atoms with E-state index in [1.807, 2.05) is 0 Å². The number of rotatable bonds is 4. The molecule has 2 heterocycles. The Morgan fingerprint density at radius 1 is 1.39 bits per heavy atom. The summed E-state index contributed by atoms with van der Waals surface area (Å²) in [5.74, 6) is -1.72. The molecule has 0 saturated carbocycles. The van der Waals surface area contributed by atoms with E-state index in [-0.39, 0.29) is 10.8 Å². The second kappa shape index (κ2) is 6.97. The fraction of sp³-hybridized carbons (Fsp3) is 0.154. The highest BCUT2D eigenvalue weighted by Gasteiger charge is 2.31. The van der Waals surface area contributed by atoms with Gasteiger partial charge in [-0.3, -0.25) is 4.79 Å². The van der Waals surface area contributed by atoms with Crippen LogP contribution in [0.3, 0.4) is 0 Å². The lowest BCUT2D eigenvalue weighted by atomic mass is 10.3. The minimum absolute atomic E-state index is 0.253. The topological polar surface area (TPSA) is 68.3 Å². The fourth-order valence-electron chi connectivity index (χ4n) is 1.45. The molecule has 0 saturated heterocycles. The van der Waals surface area contributed by atoms with Crippen molar-refractivity contribution in [3.63, 3.8) is 0 Å². The van der Waals surface area contributed by atoms with Crippen LogP contribution in [0, 0.1) is 0 Å². The summed E-state index contributed by atoms with van der Waals surface area (Å²) in [6, 6.07) is 2.17. The zero-order valence-electron chi connectivity index (χ0n) is 11.2. The number of esters is 1. The minimum Gasteiger partial charge on any atom is -0.452 e. The van der Waals surface area contributed by atoms with Crippen molar-refractivity contribution in [2.24, 2.45) is 0 Å². The van der Waals surface area contributed by atoms with E-state index in [2.05, 4.69) is 10.3 Å². The minimum atomic E-state index is -4.59. The van der Waals surface area contributed by atoms with Crippen LogP contribution in [0.5, 0.6) is 0 Å². The number of hydrogen-bond acceptors (Lipinski definition) is 5. The van der Waals surface area contributed by atoms with Gasteiger partial charge in [-0.1, -0.05) is 11.6 Å². The normalized spacial score (nSPS) is 11.1. The summed E-state index contributed by atoms with van der Waals surface area (Å²) in [7, 11) is 0. The van der Waals surface area contributed by atoms with Crippen LogP contribution < -0.4 is 5.32 Å². The molecule has 10 heteroatoms. The molecule has 0 atom stereocenters. The smallest absolute Gasteiger partial charge is 0.417 e. The van der Waals surface area contributed by atoms with E-state index in [9.17, 15) is 22.8 Å². The van der Waals surface area contributed by atoms with Crippen molar-refractivity contribution >= 4 is 40.6 Å². The predicted octanol–water partition coefficient (Wildman–Crippen LogP) is 3.61. The van der Waals surface area contributed by atoms with Gasteiger partial charge in [0.1, 0.15) is 0 Å². The standard InChI is InChI=1S/C13H8ClF3N2O3S/c14-9-3-8(13(15,16)17)4-18-11(9)19-10(20)5-22-12(21)7-1-2-23-6-7/h1-4,6H,5H2,(H,18,19,20). The summed E-state index contributed by atoms with van der Waals surface area (Å²) in [4.78, 5) is 26.6. The van der Waals surface area contributed by atoms with E-state index in [1.54, 1.807) is 10.8 Å². The molecule has 0 bridgehead atoms. The number of aromatic nitrogens is 1. The van der Waals surface area contributed by atoms with Crippen molar-refractivity contribution in [2.75, 3.05) is 11.9 Å². The van der Waals surface area contributed by atoms with Gasteiger partial charge in [0.15, 0.2) is 12.4 Å². The van der Waals surface area contributed by atoms with Crippen LogP contribution in [0.1, 0.15) is 15.9 Å². The lowest BCUT2D eigenvalue weighted by Gasteiger charge is -2.10. The first-order valence-corrected chi connectivity index (χ1v) is 7.31. The summed E-state index contributed by atoms with van der Waals surface area (Å²) in [6.07, 6.45) is -4.05. The van der Waals surface area contributed by atoms with Gasteiger partial charge >= 0.3 is 12.1 Å². The Bertz CT molecular complexity index is 720. The van der Waals surface area contributed by atoms with Crippen LogP contribution in [0.15, 0.2) is 29.1 Å². The van der Waals surface area contributed by atoms with Gasteiger partial charge in [0, 0.05) is 11.6 Å². The number of alkyl halides is 3. The monoisotopic (exact) mass is 364 g/mol. The molecule has 0 aromatic carbocycles. The van der Waals surface area contributed by atoms with Crippen molar-refractivity contribution in [2.45, 2.75) is 6.18 Å². The van der Waals surface area contributed by atoms with E-state index in [4.69, 9.17) is 16.3 Å². The number of carbonyl (C=O) groups is 2. The van der Waals surface area contributed by atoms with Crippen LogP contribution in [0.2, 0.25) is 5.02 Å². The molecule has 0 aliphatic carbocycles. The highest BCUT2D eigenvalue weighted by Crippen LogP contribution is 2.32. The Labute approximate surface area is 137 Å². The van der Waals surface area contributed by atoms with Gasteiger partial charge < -0.3 is 10.1 Å². The van der Waals surface area contributed by atoms with Crippen molar-refractivity contribution in [1.29, 1.82) is 0 Å². The van der Waals surface area contributed by atoms with Crippen molar-refractivity contribution in [3.8, 4) is 0 Å². The third-order valence-electron chi connectivity index (χ3n) is 2.52. The number of hydrogen-bond donors (Lipinski definition) is 1. The molecule has 1 amide bonds. The summed E-state index contributed by atoms with van der Waals surface area (Å²) in [5, 5.41) is 5.01. The maximum Gasteiger partial charge on any atom is 0.417 e. The lowest BCUT2D eigenvalue weighted by Crippen LogP contribution is -2.21. The number of amides is 1. The van der Waals surface area contributed by atoms with Crippen molar-refractivity contribution < 1.29 is 27.5 Å². The predicted molar refractivity (Wildman–Crippen MR) is 77.5 cm³/mol. The van der Waals surface area contributed by atoms with Gasteiger partial charge in [0.05, 0.1) is 16.1 Å². The number of halogens is 4. The van der Waals surface area contributed by atoms with Gasteiger partial charge in [-0.15, -0.1) is 0 Å². The molecular formula is C13H8ClF3N2O3S. The Morgan fingerprint density at radius 3 is 2.70 bits per heavy atom. The molecule has 0 spiro atoms. The zero-order valence-corrected chi connectivity index (χ0v) is 12.8. The molecule has 5 nitrogen and oxygen atoms in total. The van der Waals surface area contributed by atoms with Gasteiger partial charge in [-0.25, -0.2) is 9.78 Å². The first-order valence-electron chi connectivity index (χ1n) is 5.99. The number of pyridine rings is 1. The highest BCUT2D eigenvalue weighted by atomic mass is 35.5. The summed E-state index contributed by atoms with van der Waals surface area (Å²) in [6.45, 7) is -0.617. The molecule has 0 radical (unpaired) electrons. The molecule has 2 rings (SSSR count). The first-order chi connectivity index (χ1) is 10.8. The molecule has 122 valence electrons. The summed E-state index contributed by atoms with van der Waals surface area (Å²) >= 11 is 6.93. The number of anilines is 1. The number of nitrogens with zero attached hydrogens (tertiary/aromatic N) is 1. The molecule has 0 aliphatic heterocycles. The van der Waals surface area contributed by atoms with E-state index >= 15 is 0 Å². The molecular weight excluding hydrogens is 357 g/mol. The molecule has 1 N–H and O–H groups in total. The molecule has 2 aromatic heterocycles. The van der Waals surface area contributed by atoms with Crippen LogP contribution in [-0.4, -0.2) is 23.5 Å². The molecule has 0 fully saturated rings. The Balaban J connectivity index is 1.94. The van der Waals surface area contributed by atoms with E-state index in [0.29, 0.717) is 17.8 Å². The number of thiophene rings is 1. The highest BCUT2D eigenvalue weighted by molar-refractivity contribution is 7.08. The van der Waals surface area contributed by atoms with Gasteiger partial charge in [0.25, 0.3) is 5.91 Å². The molecule has 2 aromatic rings. The average molecular weight is 365 g/mol. The summed E-state index contributed by atoms with van der Waals surface area (Å²) < 4.78 is 42.1. The second-order valence-electron chi connectivity index (χ2n) is 4.19. The third kappa shape index (κ3) is 4.67. The van der Waals surface area contributed by atoms with Gasteiger partial charge in [-0.2, -0.15) is 24.5 Å². The zero-order chi connectivity index (χ0) is 17.0. The number of nitrogens with one attached hydrogen (secondary N) is 1. The Kier molecular flexibility index (Phi) is 5.22. The maximum atomic E-state index is 12.5. The van der Waals surface area contributed by atoms with Crippen LogP contribution >= 0.6 is 22.9 Å². The Hall–Kier alpha value is -2.13. The van der Waals surface area contributed by atoms with Crippen LogP contribution in [0.4, 0.5) is 19.0 Å². The van der Waals surface area contributed by atoms with E-state index < -0.39 is 30.2 Å². The molecule has 0 unspecified atom stereocenters. The van der Waals surface area contributed by atoms with E-state index in [1.165, 1.54) is 17.4 Å². The van der Waals surface area contributed by atoms with Gasteiger partial charge in [0.2, 0.25) is 0 Å². The second-order valence-corrected chi connectivity index (χ2v) is 5.38. The Morgan fingerprint density at radius 2 is 2.13 bits per heavy atom. The van der Waals surface area contributed by atoms with E-state index in [0.717, 1.165) is 0 Å². The lowest BCUT2D eigenvalue weighted by molar-refractivity contribution is -0.137. The fourth-order valence-corrected chi connectivity index (χ4v) is 2.29. The third-order valence-corrected chi connectivity index (χ3v) is 3.49. The maximum absolute atomic E-state index is 12.5. The molecule has 0 aliphatic rings. The van der Waals surface area contributed by atoms with Crippen molar-refractivity contribution in [3.05, 3.63) is 45.2 Å². The SMILES string of the molecule is O=C(COC(=O)c1ccsc1)Nc1ncc(C(F)(F)F)cc1Cl. The number of ether oxygens (including phenoxy) is 1. The average Bonchev–Trinajstić information content (AvgIpc) is 3.00. The quantitative estimate of drug-likeness (QED) is 0.841. The van der Waals surface area contributed by atoms with Crippen LogP contribution in [0.25, 0.3) is 0 Å². The summed E-state index contributed by atoms with van der Waals surface area (Å²) in [5.41, 5.74) is -0.738. The first kappa shape index (κ1) is 17.2.